The van der Waals surface area contributed by atoms with E-state index in [1.165, 1.54) is 38.0 Å². The van der Waals surface area contributed by atoms with Gasteiger partial charge in [-0.3, -0.25) is 9.97 Å². The van der Waals surface area contributed by atoms with Crippen LogP contribution in [0.1, 0.15) is 25.0 Å². The van der Waals surface area contributed by atoms with Gasteiger partial charge in [0.2, 0.25) is 0 Å². The molecule has 0 saturated heterocycles. The average Bonchev–Trinajstić information content (AvgIpc) is 2.64. The molecule has 0 saturated carbocycles. The summed E-state index contributed by atoms with van der Waals surface area (Å²) in [7, 11) is -1.39. The Morgan fingerprint density at radius 1 is 0.926 bits per heavy atom. The number of hydrogen-bond acceptors (Lipinski definition) is 2. The van der Waals surface area contributed by atoms with E-state index in [0.29, 0.717) is 0 Å². The number of hydrogen-bond donors (Lipinski definition) is 0. The molecule has 0 N–H and O–H groups in total. The van der Waals surface area contributed by atoms with Gasteiger partial charge in [0.25, 0.3) is 0 Å². The minimum absolute atomic E-state index is 0.116. The van der Waals surface area contributed by atoms with Crippen LogP contribution in [0.4, 0.5) is 0 Å². The first-order valence-electron chi connectivity index (χ1n) is 9.61. The van der Waals surface area contributed by atoms with E-state index < -0.39 is 8.07 Å². The van der Waals surface area contributed by atoms with Crippen LogP contribution in [-0.2, 0) is 5.41 Å². The molecule has 2 aromatic carbocycles. The molecule has 1 aliphatic carbocycles. The minimum Gasteiger partial charge on any atom is -0.256 e. The highest BCUT2D eigenvalue weighted by Gasteiger charge is 2.36. The summed E-state index contributed by atoms with van der Waals surface area (Å²) >= 11 is 0. The zero-order chi connectivity index (χ0) is 19.0. The van der Waals surface area contributed by atoms with E-state index in [4.69, 9.17) is 4.98 Å². The molecule has 3 heteroatoms. The van der Waals surface area contributed by atoms with Gasteiger partial charge < -0.3 is 0 Å². The fraction of sp³-hybridized carbons (Fsp3) is 0.250. The van der Waals surface area contributed by atoms with Gasteiger partial charge in [-0.25, -0.2) is 0 Å². The van der Waals surface area contributed by atoms with Crippen molar-refractivity contribution < 1.29 is 0 Å². The Morgan fingerprint density at radius 2 is 1.74 bits per heavy atom. The Hall–Kier alpha value is -2.52. The fourth-order valence-corrected chi connectivity index (χ4v) is 5.73. The SMILES string of the molecule is CC1(C)c2c(ncc3ccc([Si](C)(C)C)cc23)-c2ccnc3cccc1c23. The van der Waals surface area contributed by atoms with E-state index in [0.717, 1.165) is 11.2 Å². The predicted octanol–water partition coefficient (Wildman–Crippen LogP) is 5.63. The van der Waals surface area contributed by atoms with Crippen LogP contribution < -0.4 is 5.19 Å². The van der Waals surface area contributed by atoms with Crippen LogP contribution in [-0.4, -0.2) is 18.0 Å². The summed E-state index contributed by atoms with van der Waals surface area (Å²) in [4.78, 5) is 9.55. The third-order valence-corrected chi connectivity index (χ3v) is 8.12. The monoisotopic (exact) mass is 368 g/mol. The van der Waals surface area contributed by atoms with Gasteiger partial charge in [0.1, 0.15) is 0 Å². The van der Waals surface area contributed by atoms with E-state index in [1.54, 1.807) is 0 Å². The number of nitrogens with zero attached hydrogens (tertiary/aromatic N) is 2. The number of fused-ring (bicyclic) bond motifs is 4. The van der Waals surface area contributed by atoms with Crippen molar-refractivity contribution in [1.29, 1.82) is 0 Å². The lowest BCUT2D eigenvalue weighted by Crippen LogP contribution is -2.37. The van der Waals surface area contributed by atoms with Crippen molar-refractivity contribution in [2.75, 3.05) is 0 Å². The molecule has 0 unspecified atom stereocenters. The zero-order valence-corrected chi connectivity index (χ0v) is 17.6. The van der Waals surface area contributed by atoms with Crippen LogP contribution >= 0.6 is 0 Å². The number of pyridine rings is 2. The van der Waals surface area contributed by atoms with Crippen molar-refractivity contribution in [1.82, 2.24) is 9.97 Å². The highest BCUT2D eigenvalue weighted by atomic mass is 28.3. The molecule has 2 heterocycles. The molecule has 2 aromatic heterocycles. The van der Waals surface area contributed by atoms with E-state index in [9.17, 15) is 0 Å². The van der Waals surface area contributed by atoms with Crippen molar-refractivity contribution >= 4 is 34.9 Å². The van der Waals surface area contributed by atoms with Gasteiger partial charge in [0.05, 0.1) is 19.3 Å². The molecule has 5 rings (SSSR count). The largest absolute Gasteiger partial charge is 0.256 e. The average molecular weight is 369 g/mol. The van der Waals surface area contributed by atoms with Gasteiger partial charge in [0.15, 0.2) is 0 Å². The second kappa shape index (κ2) is 5.26. The maximum atomic E-state index is 4.94. The van der Waals surface area contributed by atoms with E-state index in [1.807, 2.05) is 12.4 Å². The molecule has 4 aromatic rings. The first-order valence-corrected chi connectivity index (χ1v) is 13.1. The van der Waals surface area contributed by atoms with Crippen LogP contribution in [0.2, 0.25) is 19.6 Å². The van der Waals surface area contributed by atoms with Gasteiger partial charge in [-0.2, -0.15) is 0 Å². The second-order valence-corrected chi connectivity index (χ2v) is 14.3. The predicted molar refractivity (Wildman–Crippen MR) is 118 cm³/mol. The Morgan fingerprint density at radius 3 is 2.52 bits per heavy atom. The topological polar surface area (TPSA) is 25.8 Å². The standard InChI is InChI=1S/C24H24N2Si/c1-24(2)19-7-6-8-20-21(19)17(11-12-25-20)23-22(24)18-13-16(27(3,4)5)10-9-15(18)14-26-23/h6-14H,1-5H3. The summed E-state index contributed by atoms with van der Waals surface area (Å²) in [6, 6.07) is 15.6. The van der Waals surface area contributed by atoms with Crippen molar-refractivity contribution in [3.63, 3.8) is 0 Å². The van der Waals surface area contributed by atoms with Crippen molar-refractivity contribution in [2.24, 2.45) is 0 Å². The van der Waals surface area contributed by atoms with Crippen molar-refractivity contribution in [3.05, 3.63) is 66.0 Å². The van der Waals surface area contributed by atoms with Gasteiger partial charge in [0, 0.05) is 34.1 Å². The molecule has 27 heavy (non-hydrogen) atoms. The molecule has 0 amide bonds. The third kappa shape index (κ3) is 2.24. The number of rotatable bonds is 1. The summed E-state index contributed by atoms with van der Waals surface area (Å²) < 4.78 is 0. The normalized spacial score (nSPS) is 15.1. The van der Waals surface area contributed by atoms with Gasteiger partial charge in [-0.1, -0.05) is 69.0 Å². The Balaban J connectivity index is 1.97. The molecular formula is C24H24N2Si. The minimum atomic E-state index is -1.39. The Kier molecular flexibility index (Phi) is 3.24. The lowest BCUT2D eigenvalue weighted by molar-refractivity contribution is 0.648. The van der Waals surface area contributed by atoms with Crippen molar-refractivity contribution in [2.45, 2.75) is 38.9 Å². The van der Waals surface area contributed by atoms with Crippen LogP contribution in [0.15, 0.2) is 54.9 Å². The van der Waals surface area contributed by atoms with E-state index >= 15 is 0 Å². The number of aromatic nitrogens is 2. The molecule has 0 atom stereocenters. The first kappa shape index (κ1) is 16.6. The van der Waals surface area contributed by atoms with Crippen LogP contribution in [0.3, 0.4) is 0 Å². The maximum Gasteiger partial charge on any atom is 0.0776 e. The van der Waals surface area contributed by atoms with Crippen LogP contribution in [0.25, 0.3) is 32.9 Å². The maximum absolute atomic E-state index is 4.94. The third-order valence-electron chi connectivity index (χ3n) is 6.08. The van der Waals surface area contributed by atoms with Crippen molar-refractivity contribution in [3.8, 4) is 11.3 Å². The summed E-state index contributed by atoms with van der Waals surface area (Å²) in [6.45, 7) is 11.9. The number of benzene rings is 2. The molecule has 1 aliphatic rings. The fourth-order valence-electron chi connectivity index (χ4n) is 4.57. The summed E-state index contributed by atoms with van der Waals surface area (Å²) in [5, 5.41) is 5.33. The molecule has 0 fully saturated rings. The lowest BCUT2D eigenvalue weighted by Gasteiger charge is -2.35. The van der Waals surface area contributed by atoms with Crippen LogP contribution in [0, 0.1) is 0 Å². The summed E-state index contributed by atoms with van der Waals surface area (Å²) in [5.41, 5.74) is 5.97. The molecule has 0 bridgehead atoms. The van der Waals surface area contributed by atoms with Crippen LogP contribution in [0.5, 0.6) is 0 Å². The van der Waals surface area contributed by atoms with Gasteiger partial charge in [-0.05, 0) is 28.6 Å². The summed E-state index contributed by atoms with van der Waals surface area (Å²) in [6.07, 6.45) is 3.95. The molecule has 2 nitrogen and oxygen atoms in total. The lowest BCUT2D eigenvalue weighted by atomic mass is 9.69. The smallest absolute Gasteiger partial charge is 0.0776 e. The summed E-state index contributed by atoms with van der Waals surface area (Å²) in [5.74, 6) is 0. The Bertz CT molecular complexity index is 1230. The quantitative estimate of drug-likeness (QED) is 0.407. The zero-order valence-electron chi connectivity index (χ0n) is 16.6. The highest BCUT2D eigenvalue weighted by molar-refractivity contribution is 6.88. The molecule has 0 spiro atoms. The van der Waals surface area contributed by atoms with Gasteiger partial charge >= 0.3 is 0 Å². The molecule has 0 aliphatic heterocycles. The van der Waals surface area contributed by atoms with E-state index in [-0.39, 0.29) is 5.41 Å². The first-order chi connectivity index (χ1) is 12.8. The molecular weight excluding hydrogens is 344 g/mol. The second-order valence-electron chi connectivity index (χ2n) is 9.22. The van der Waals surface area contributed by atoms with Gasteiger partial charge in [-0.15, -0.1) is 0 Å². The molecule has 134 valence electrons. The van der Waals surface area contributed by atoms with E-state index in [2.05, 4.69) is 80.9 Å². The molecule has 0 radical (unpaired) electrons. The highest BCUT2D eigenvalue weighted by Crippen LogP contribution is 2.49. The Labute approximate surface area is 161 Å².